The van der Waals surface area contributed by atoms with Gasteiger partial charge in [0.15, 0.2) is 17.3 Å². The Morgan fingerprint density at radius 3 is 2.41 bits per heavy atom. The summed E-state index contributed by atoms with van der Waals surface area (Å²) < 4.78 is 33.4. The van der Waals surface area contributed by atoms with Gasteiger partial charge in [-0.3, -0.25) is 4.79 Å². The first kappa shape index (κ1) is 18.9. The summed E-state index contributed by atoms with van der Waals surface area (Å²) in [7, 11) is 4.46. The summed E-state index contributed by atoms with van der Waals surface area (Å²) in [5.74, 6) is 1.58. The molecule has 2 aromatic carbocycles. The van der Waals surface area contributed by atoms with Gasteiger partial charge in [0.2, 0.25) is 5.43 Å². The molecule has 0 spiro atoms. The first-order chi connectivity index (χ1) is 14.0. The molecule has 0 saturated heterocycles. The predicted octanol–water partition coefficient (Wildman–Crippen LogP) is 3.62. The van der Waals surface area contributed by atoms with E-state index in [0.717, 1.165) is 0 Å². The number of phenols is 1. The highest BCUT2D eigenvalue weighted by molar-refractivity contribution is 5.90. The zero-order chi connectivity index (χ0) is 20.7. The van der Waals surface area contributed by atoms with Gasteiger partial charge in [0.25, 0.3) is 6.29 Å². The van der Waals surface area contributed by atoms with Gasteiger partial charge < -0.3 is 33.2 Å². The number of phenolic OH excluding ortho intramolecular Hbond substituents is 1. The molecule has 0 bridgehead atoms. The van der Waals surface area contributed by atoms with Crippen molar-refractivity contribution in [3.05, 3.63) is 40.2 Å². The number of benzene rings is 2. The maximum Gasteiger partial charge on any atom is 0.260 e. The molecule has 1 atom stereocenters. The molecule has 0 unspecified atom stereocenters. The second-order valence-corrected chi connectivity index (χ2v) is 6.30. The van der Waals surface area contributed by atoms with Crippen LogP contribution in [0.1, 0.15) is 19.0 Å². The summed E-state index contributed by atoms with van der Waals surface area (Å²) in [6.45, 7) is 2.14. The van der Waals surface area contributed by atoms with E-state index in [0.29, 0.717) is 35.2 Å². The molecular formula is C21H20O8. The molecule has 8 nitrogen and oxygen atoms in total. The average Bonchev–Trinajstić information content (AvgIpc) is 2.72. The van der Waals surface area contributed by atoms with Crippen molar-refractivity contribution in [3.63, 3.8) is 0 Å². The van der Waals surface area contributed by atoms with E-state index >= 15 is 0 Å². The monoisotopic (exact) mass is 400 g/mol. The Kier molecular flexibility index (Phi) is 4.71. The molecule has 0 amide bonds. The molecule has 0 fully saturated rings. The van der Waals surface area contributed by atoms with E-state index in [1.807, 2.05) is 0 Å². The van der Waals surface area contributed by atoms with Crippen molar-refractivity contribution in [3.8, 4) is 39.9 Å². The molecular weight excluding hydrogens is 380 g/mol. The van der Waals surface area contributed by atoms with Crippen LogP contribution in [0.3, 0.4) is 0 Å². The Hall–Kier alpha value is -3.39. The van der Waals surface area contributed by atoms with E-state index in [1.165, 1.54) is 33.5 Å². The van der Waals surface area contributed by atoms with Crippen molar-refractivity contribution in [1.29, 1.82) is 0 Å². The largest absolute Gasteiger partial charge is 0.507 e. The second kappa shape index (κ2) is 7.21. The molecule has 3 aromatic rings. The van der Waals surface area contributed by atoms with Crippen LogP contribution in [0, 0.1) is 0 Å². The summed E-state index contributed by atoms with van der Waals surface area (Å²) in [5.41, 5.74) is 0.448. The van der Waals surface area contributed by atoms with E-state index in [1.54, 1.807) is 19.1 Å². The van der Waals surface area contributed by atoms with E-state index in [9.17, 15) is 9.90 Å². The lowest BCUT2D eigenvalue weighted by molar-refractivity contribution is -0.0926. The van der Waals surface area contributed by atoms with Crippen LogP contribution in [0.15, 0.2) is 33.5 Å². The van der Waals surface area contributed by atoms with Gasteiger partial charge in [0.05, 0.1) is 26.9 Å². The first-order valence-corrected chi connectivity index (χ1v) is 8.94. The number of fused-ring (bicyclic) bond motifs is 4. The molecule has 1 aromatic heterocycles. The molecule has 152 valence electrons. The van der Waals surface area contributed by atoms with Crippen LogP contribution >= 0.6 is 0 Å². The number of ether oxygens (including phenoxy) is 5. The fourth-order valence-electron chi connectivity index (χ4n) is 3.41. The van der Waals surface area contributed by atoms with Crippen LogP contribution in [0.4, 0.5) is 0 Å². The SMILES string of the molecule is CCO[C@H]1Oc2cc(OC)c(OC)cc2-c2c1oc1cc(OC)cc(O)c1c2=O. The number of methoxy groups -OCH3 is 3. The summed E-state index contributed by atoms with van der Waals surface area (Å²) in [6.07, 6.45) is -0.939. The summed E-state index contributed by atoms with van der Waals surface area (Å²) in [4.78, 5) is 13.4. The topological polar surface area (TPSA) is 96.6 Å². The van der Waals surface area contributed by atoms with Crippen LogP contribution in [0.25, 0.3) is 22.1 Å². The van der Waals surface area contributed by atoms with Gasteiger partial charge >= 0.3 is 0 Å². The summed E-state index contributed by atoms with van der Waals surface area (Å²) in [5, 5.41) is 10.5. The van der Waals surface area contributed by atoms with Gasteiger partial charge in [0, 0.05) is 30.4 Å². The van der Waals surface area contributed by atoms with Crippen LogP contribution in [0.2, 0.25) is 0 Å². The second-order valence-electron chi connectivity index (χ2n) is 6.30. The van der Waals surface area contributed by atoms with Crippen molar-refractivity contribution in [2.75, 3.05) is 27.9 Å². The fourth-order valence-corrected chi connectivity index (χ4v) is 3.41. The Labute approximate surface area is 166 Å². The number of hydrogen-bond acceptors (Lipinski definition) is 8. The summed E-state index contributed by atoms with van der Waals surface area (Å²) >= 11 is 0. The van der Waals surface area contributed by atoms with E-state index < -0.39 is 11.7 Å². The average molecular weight is 400 g/mol. The van der Waals surface area contributed by atoms with Crippen molar-refractivity contribution >= 4 is 11.0 Å². The van der Waals surface area contributed by atoms with Gasteiger partial charge in [0.1, 0.15) is 28.2 Å². The number of rotatable bonds is 5. The van der Waals surface area contributed by atoms with Gasteiger partial charge in [-0.25, -0.2) is 0 Å². The molecule has 0 aliphatic carbocycles. The molecule has 1 N–H and O–H groups in total. The zero-order valence-corrected chi connectivity index (χ0v) is 16.4. The van der Waals surface area contributed by atoms with E-state index in [4.69, 9.17) is 28.1 Å². The van der Waals surface area contributed by atoms with Gasteiger partial charge in [-0.1, -0.05) is 0 Å². The third kappa shape index (κ3) is 2.92. The van der Waals surface area contributed by atoms with Gasteiger partial charge in [-0.2, -0.15) is 0 Å². The van der Waals surface area contributed by atoms with Crippen LogP contribution in [-0.2, 0) is 4.74 Å². The Morgan fingerprint density at radius 1 is 1.03 bits per heavy atom. The standard InChI is InChI=1S/C21H20O8/c1-5-27-21-20-17(11-8-14(25-3)15(26-4)9-13(11)29-21)19(23)18-12(22)6-10(24-2)7-16(18)28-20/h6-9,21-22H,5H2,1-4H3/t21-/m0/s1. The third-order valence-corrected chi connectivity index (χ3v) is 4.73. The van der Waals surface area contributed by atoms with E-state index in [2.05, 4.69) is 0 Å². The minimum atomic E-state index is -0.939. The van der Waals surface area contributed by atoms with Crippen molar-refractivity contribution in [2.24, 2.45) is 0 Å². The smallest absolute Gasteiger partial charge is 0.260 e. The Morgan fingerprint density at radius 2 is 1.76 bits per heavy atom. The lowest BCUT2D eigenvalue weighted by Gasteiger charge is -2.27. The number of aromatic hydroxyl groups is 1. The van der Waals surface area contributed by atoms with Crippen molar-refractivity contribution < 1.29 is 33.2 Å². The van der Waals surface area contributed by atoms with Crippen LogP contribution in [-0.4, -0.2) is 33.0 Å². The van der Waals surface area contributed by atoms with Gasteiger partial charge in [-0.15, -0.1) is 0 Å². The summed E-state index contributed by atoms with van der Waals surface area (Å²) in [6, 6.07) is 6.16. The molecule has 2 heterocycles. The predicted molar refractivity (Wildman–Crippen MR) is 104 cm³/mol. The van der Waals surface area contributed by atoms with Crippen LogP contribution in [0.5, 0.6) is 28.7 Å². The maximum atomic E-state index is 13.4. The molecule has 0 radical (unpaired) electrons. The van der Waals surface area contributed by atoms with Crippen molar-refractivity contribution in [1.82, 2.24) is 0 Å². The molecule has 1 aliphatic rings. The minimum absolute atomic E-state index is 0.0439. The zero-order valence-electron chi connectivity index (χ0n) is 16.4. The third-order valence-electron chi connectivity index (χ3n) is 4.73. The Bertz CT molecular complexity index is 1150. The highest BCUT2D eigenvalue weighted by Gasteiger charge is 2.34. The maximum absolute atomic E-state index is 13.4. The normalized spacial score (nSPS) is 14.7. The minimum Gasteiger partial charge on any atom is -0.507 e. The highest BCUT2D eigenvalue weighted by atomic mass is 16.7. The number of hydrogen-bond donors (Lipinski definition) is 1. The fraction of sp³-hybridized carbons (Fsp3) is 0.286. The quantitative estimate of drug-likeness (QED) is 0.694. The van der Waals surface area contributed by atoms with E-state index in [-0.39, 0.29) is 28.0 Å². The lowest BCUT2D eigenvalue weighted by Crippen LogP contribution is -2.22. The molecule has 8 heteroatoms. The molecule has 1 aliphatic heterocycles. The molecule has 4 rings (SSSR count). The van der Waals surface area contributed by atoms with Crippen LogP contribution < -0.4 is 24.4 Å². The lowest BCUT2D eigenvalue weighted by atomic mass is 9.97. The highest BCUT2D eigenvalue weighted by Crippen LogP contribution is 2.47. The first-order valence-electron chi connectivity index (χ1n) is 8.94. The van der Waals surface area contributed by atoms with Crippen molar-refractivity contribution in [2.45, 2.75) is 13.2 Å². The molecule has 0 saturated carbocycles. The molecule has 29 heavy (non-hydrogen) atoms. The Balaban J connectivity index is 2.08. The van der Waals surface area contributed by atoms with Gasteiger partial charge in [-0.05, 0) is 13.0 Å².